The summed E-state index contributed by atoms with van der Waals surface area (Å²) in [5, 5.41) is 0. The predicted octanol–water partition coefficient (Wildman–Crippen LogP) is 5.47. The van der Waals surface area contributed by atoms with Crippen LogP contribution in [0.2, 0.25) is 0 Å². The number of unbranched alkanes of at least 4 members (excludes halogenated alkanes) is 3. The minimum Gasteiger partial charge on any atom is -0.377 e. The Morgan fingerprint density at radius 3 is 2.79 bits per heavy atom. The molecule has 0 aliphatic heterocycles. The zero-order valence-corrected chi connectivity index (χ0v) is 14.0. The number of rotatable bonds is 8. The van der Waals surface area contributed by atoms with Crippen molar-refractivity contribution < 1.29 is 9.13 Å². The van der Waals surface area contributed by atoms with Crippen molar-refractivity contribution in [2.75, 3.05) is 6.61 Å². The molecule has 0 amide bonds. The minimum atomic E-state index is -0.251. The van der Waals surface area contributed by atoms with E-state index in [0.717, 1.165) is 34.4 Å². The number of aromatic nitrogens is 2. The molecule has 0 spiro atoms. The molecule has 3 aromatic rings. The lowest BCUT2D eigenvalue weighted by Gasteiger charge is -2.09. The monoisotopic (exact) mass is 326 g/mol. The first-order chi connectivity index (χ1) is 11.8. The molecule has 1 heterocycles. The molecule has 4 heteroatoms. The fourth-order valence-electron chi connectivity index (χ4n) is 2.81. The molecule has 1 N–H and O–H groups in total. The van der Waals surface area contributed by atoms with Gasteiger partial charge in [0.05, 0.1) is 17.6 Å². The van der Waals surface area contributed by atoms with Gasteiger partial charge < -0.3 is 9.72 Å². The Kier molecular flexibility index (Phi) is 5.59. The van der Waals surface area contributed by atoms with Crippen molar-refractivity contribution >= 4 is 11.0 Å². The van der Waals surface area contributed by atoms with Gasteiger partial charge in [0.25, 0.3) is 0 Å². The fourth-order valence-corrected chi connectivity index (χ4v) is 2.81. The molecule has 24 heavy (non-hydrogen) atoms. The minimum absolute atomic E-state index is 0.251. The lowest BCUT2D eigenvalue weighted by Crippen LogP contribution is -1.99. The average Bonchev–Trinajstić information content (AvgIpc) is 3.02. The summed E-state index contributed by atoms with van der Waals surface area (Å²) in [6, 6.07) is 12.6. The van der Waals surface area contributed by atoms with Gasteiger partial charge in [-0.2, -0.15) is 0 Å². The quantitative estimate of drug-likeness (QED) is 0.558. The van der Waals surface area contributed by atoms with Crippen molar-refractivity contribution in [3.63, 3.8) is 0 Å². The molecular formula is C20H23FN2O. The number of H-pyrrole nitrogens is 1. The van der Waals surface area contributed by atoms with E-state index in [0.29, 0.717) is 13.2 Å². The number of hydrogen-bond donors (Lipinski definition) is 1. The number of nitrogens with one attached hydrogen (secondary N) is 1. The van der Waals surface area contributed by atoms with Gasteiger partial charge >= 0.3 is 0 Å². The van der Waals surface area contributed by atoms with Crippen LogP contribution in [0.25, 0.3) is 22.4 Å². The molecule has 0 saturated carbocycles. The molecule has 0 aliphatic carbocycles. The Morgan fingerprint density at radius 2 is 1.96 bits per heavy atom. The molecule has 2 aromatic carbocycles. The van der Waals surface area contributed by atoms with Crippen LogP contribution < -0.4 is 0 Å². The van der Waals surface area contributed by atoms with Crippen molar-refractivity contribution in [2.45, 2.75) is 39.2 Å². The van der Waals surface area contributed by atoms with Crippen molar-refractivity contribution in [1.82, 2.24) is 9.97 Å². The average molecular weight is 326 g/mol. The Labute approximate surface area is 141 Å². The van der Waals surface area contributed by atoms with Gasteiger partial charge in [0.15, 0.2) is 0 Å². The SMILES string of the molecule is CCCCCCOCc1cc(F)ccc1-c1nc2ccccc2[nH]1. The maximum atomic E-state index is 13.7. The predicted molar refractivity (Wildman–Crippen MR) is 95.3 cm³/mol. The van der Waals surface area contributed by atoms with Gasteiger partial charge in [-0.05, 0) is 42.3 Å². The van der Waals surface area contributed by atoms with Crippen LogP contribution in [0.5, 0.6) is 0 Å². The number of para-hydroxylation sites is 2. The number of benzene rings is 2. The molecular weight excluding hydrogens is 303 g/mol. The highest BCUT2D eigenvalue weighted by molar-refractivity contribution is 5.79. The number of halogens is 1. The number of fused-ring (bicyclic) bond motifs is 1. The highest BCUT2D eigenvalue weighted by Gasteiger charge is 2.11. The van der Waals surface area contributed by atoms with E-state index in [2.05, 4.69) is 16.9 Å². The Hall–Kier alpha value is -2.20. The Balaban J connectivity index is 1.75. The number of imidazole rings is 1. The van der Waals surface area contributed by atoms with Gasteiger partial charge in [-0.25, -0.2) is 9.37 Å². The summed E-state index contributed by atoms with van der Waals surface area (Å²) >= 11 is 0. The highest BCUT2D eigenvalue weighted by Crippen LogP contribution is 2.25. The van der Waals surface area contributed by atoms with E-state index in [-0.39, 0.29) is 5.82 Å². The van der Waals surface area contributed by atoms with Crippen LogP contribution >= 0.6 is 0 Å². The van der Waals surface area contributed by atoms with E-state index in [1.165, 1.54) is 31.4 Å². The summed E-state index contributed by atoms with van der Waals surface area (Å²) in [6.45, 7) is 3.29. The van der Waals surface area contributed by atoms with Gasteiger partial charge in [-0.15, -0.1) is 0 Å². The van der Waals surface area contributed by atoms with E-state index in [1.807, 2.05) is 24.3 Å². The van der Waals surface area contributed by atoms with Crippen LogP contribution in [0.1, 0.15) is 38.2 Å². The van der Waals surface area contributed by atoms with Crippen molar-refractivity contribution in [3.05, 3.63) is 53.8 Å². The summed E-state index contributed by atoms with van der Waals surface area (Å²) in [7, 11) is 0. The largest absolute Gasteiger partial charge is 0.377 e. The van der Waals surface area contributed by atoms with Gasteiger partial charge in [-0.1, -0.05) is 38.3 Å². The van der Waals surface area contributed by atoms with Gasteiger partial charge in [0.1, 0.15) is 11.6 Å². The molecule has 126 valence electrons. The smallest absolute Gasteiger partial charge is 0.138 e. The van der Waals surface area contributed by atoms with E-state index < -0.39 is 0 Å². The lowest BCUT2D eigenvalue weighted by molar-refractivity contribution is 0.117. The molecule has 1 aromatic heterocycles. The number of aromatic amines is 1. The molecule has 3 rings (SSSR count). The van der Waals surface area contributed by atoms with E-state index in [1.54, 1.807) is 6.07 Å². The number of ether oxygens (including phenoxy) is 1. The Bertz CT molecular complexity index is 764. The van der Waals surface area contributed by atoms with Crippen LogP contribution in [-0.4, -0.2) is 16.6 Å². The summed E-state index contributed by atoms with van der Waals surface area (Å²) in [6.07, 6.45) is 4.66. The third-order valence-corrected chi connectivity index (χ3v) is 4.11. The number of nitrogens with zero attached hydrogens (tertiary/aromatic N) is 1. The molecule has 3 nitrogen and oxygen atoms in total. The normalized spacial score (nSPS) is 11.2. The maximum absolute atomic E-state index is 13.7. The third-order valence-electron chi connectivity index (χ3n) is 4.11. The summed E-state index contributed by atoms with van der Waals surface area (Å²) in [4.78, 5) is 7.91. The zero-order valence-electron chi connectivity index (χ0n) is 14.0. The summed E-state index contributed by atoms with van der Waals surface area (Å²) < 4.78 is 19.4. The topological polar surface area (TPSA) is 37.9 Å². The van der Waals surface area contributed by atoms with Crippen molar-refractivity contribution in [1.29, 1.82) is 0 Å². The molecule has 0 aliphatic rings. The Morgan fingerprint density at radius 1 is 1.08 bits per heavy atom. The van der Waals surface area contributed by atoms with Crippen molar-refractivity contribution in [3.8, 4) is 11.4 Å². The molecule has 0 atom stereocenters. The van der Waals surface area contributed by atoms with Crippen LogP contribution in [-0.2, 0) is 11.3 Å². The zero-order chi connectivity index (χ0) is 16.8. The summed E-state index contributed by atoms with van der Waals surface area (Å²) in [5.41, 5.74) is 3.59. The molecule has 0 fully saturated rings. The molecule has 0 bridgehead atoms. The number of hydrogen-bond acceptors (Lipinski definition) is 2. The fraction of sp³-hybridized carbons (Fsp3) is 0.350. The maximum Gasteiger partial charge on any atom is 0.138 e. The van der Waals surface area contributed by atoms with Gasteiger partial charge in [-0.3, -0.25) is 0 Å². The third kappa shape index (κ3) is 4.01. The van der Waals surface area contributed by atoms with Crippen LogP contribution in [0.4, 0.5) is 4.39 Å². The van der Waals surface area contributed by atoms with Gasteiger partial charge in [0.2, 0.25) is 0 Å². The second-order valence-electron chi connectivity index (χ2n) is 6.02. The molecule has 0 radical (unpaired) electrons. The molecule has 0 saturated heterocycles. The van der Waals surface area contributed by atoms with Crippen LogP contribution in [0.15, 0.2) is 42.5 Å². The molecule has 0 unspecified atom stereocenters. The van der Waals surface area contributed by atoms with Crippen LogP contribution in [0, 0.1) is 5.82 Å². The van der Waals surface area contributed by atoms with E-state index >= 15 is 0 Å². The summed E-state index contributed by atoms with van der Waals surface area (Å²) in [5.74, 6) is 0.500. The standard InChI is InChI=1S/C20H23FN2O/c1-2-3-4-7-12-24-14-15-13-16(21)10-11-17(15)20-22-18-8-5-6-9-19(18)23-20/h5-6,8-11,13H,2-4,7,12,14H2,1H3,(H,22,23). The highest BCUT2D eigenvalue weighted by atomic mass is 19.1. The van der Waals surface area contributed by atoms with Gasteiger partial charge in [0, 0.05) is 12.2 Å². The second-order valence-corrected chi connectivity index (χ2v) is 6.02. The van der Waals surface area contributed by atoms with E-state index in [4.69, 9.17) is 4.74 Å². The van der Waals surface area contributed by atoms with Crippen LogP contribution in [0.3, 0.4) is 0 Å². The second kappa shape index (κ2) is 8.06. The van der Waals surface area contributed by atoms with E-state index in [9.17, 15) is 4.39 Å². The van der Waals surface area contributed by atoms with Crippen molar-refractivity contribution in [2.24, 2.45) is 0 Å². The first-order valence-corrected chi connectivity index (χ1v) is 8.59. The first-order valence-electron chi connectivity index (χ1n) is 8.59. The first kappa shape index (κ1) is 16.7. The lowest BCUT2D eigenvalue weighted by atomic mass is 10.1.